The van der Waals surface area contributed by atoms with E-state index in [2.05, 4.69) is 33.7 Å². The van der Waals surface area contributed by atoms with Gasteiger partial charge in [0.05, 0.1) is 4.90 Å². The van der Waals surface area contributed by atoms with Crippen molar-refractivity contribution in [2.24, 2.45) is 0 Å². The van der Waals surface area contributed by atoms with Crippen molar-refractivity contribution in [3.05, 3.63) is 53.7 Å². The van der Waals surface area contributed by atoms with Gasteiger partial charge in [0.2, 0.25) is 5.91 Å². The van der Waals surface area contributed by atoms with Gasteiger partial charge in [-0.3, -0.25) is 4.79 Å². The highest BCUT2D eigenvalue weighted by Gasteiger charge is 2.25. The van der Waals surface area contributed by atoms with Crippen molar-refractivity contribution in [2.45, 2.75) is 51.0 Å². The van der Waals surface area contributed by atoms with Crippen LogP contribution in [-0.2, 0) is 14.7 Å². The summed E-state index contributed by atoms with van der Waals surface area (Å²) in [7, 11) is -3.02. The van der Waals surface area contributed by atoms with Crippen LogP contribution in [0, 0.1) is 18.6 Å². The highest BCUT2D eigenvalue weighted by Crippen LogP contribution is 2.30. The molecule has 0 bridgehead atoms. The lowest BCUT2D eigenvalue weighted by atomic mass is 10.1. The number of amides is 1. The molecule has 0 radical (unpaired) electrons. The minimum atomic E-state index is -3.02. The van der Waals surface area contributed by atoms with Gasteiger partial charge in [-0.05, 0) is 75.1 Å². The van der Waals surface area contributed by atoms with Crippen molar-refractivity contribution in [1.82, 2.24) is 14.2 Å². The third kappa shape index (κ3) is 5.12. The number of nitrogens with zero attached hydrogens (tertiary/aromatic N) is 3. The Morgan fingerprint density at radius 1 is 1.00 bits per heavy atom. The SMILES string of the molecule is Cc1ccc(N2CCNCC2)cc1NC(=O)C(C)n1cc(C)c2cc(S(=N)(=O)N3CCCCC3)ccc21. The van der Waals surface area contributed by atoms with Crippen molar-refractivity contribution in [3.63, 3.8) is 0 Å². The minimum absolute atomic E-state index is 0.0841. The van der Waals surface area contributed by atoms with E-state index in [-0.39, 0.29) is 5.91 Å². The molecule has 2 saturated heterocycles. The zero-order valence-corrected chi connectivity index (χ0v) is 22.9. The maximum absolute atomic E-state index is 13.4. The van der Waals surface area contributed by atoms with Crippen LogP contribution in [0.2, 0.25) is 0 Å². The fourth-order valence-electron chi connectivity index (χ4n) is 5.40. The summed E-state index contributed by atoms with van der Waals surface area (Å²) < 4.78 is 25.9. The molecule has 3 heterocycles. The number of hydrogen-bond donors (Lipinski definition) is 3. The van der Waals surface area contributed by atoms with E-state index in [1.54, 1.807) is 6.07 Å². The molecule has 0 spiro atoms. The highest BCUT2D eigenvalue weighted by molar-refractivity contribution is 7.90. The van der Waals surface area contributed by atoms with Gasteiger partial charge < -0.3 is 20.1 Å². The molecule has 1 aromatic heterocycles. The van der Waals surface area contributed by atoms with Gasteiger partial charge in [0.1, 0.15) is 16.0 Å². The van der Waals surface area contributed by atoms with Gasteiger partial charge in [-0.25, -0.2) is 13.3 Å². The van der Waals surface area contributed by atoms with E-state index in [0.717, 1.165) is 78.8 Å². The fourth-order valence-corrected chi connectivity index (χ4v) is 7.00. The Morgan fingerprint density at radius 3 is 2.46 bits per heavy atom. The molecule has 2 aliphatic rings. The number of benzene rings is 2. The summed E-state index contributed by atoms with van der Waals surface area (Å²) in [6.45, 7) is 11.1. The molecule has 1 amide bonds. The number of carbonyl (C=O) groups excluding carboxylic acids is 1. The highest BCUT2D eigenvalue weighted by atomic mass is 32.2. The van der Waals surface area contributed by atoms with E-state index in [9.17, 15) is 9.00 Å². The first-order chi connectivity index (χ1) is 17.8. The normalized spacial score (nSPS) is 19.5. The summed E-state index contributed by atoms with van der Waals surface area (Å²) in [6.07, 6.45) is 5.08. The predicted molar refractivity (Wildman–Crippen MR) is 151 cm³/mol. The predicted octanol–water partition coefficient (Wildman–Crippen LogP) is 4.67. The Bertz CT molecular complexity index is 1400. The molecule has 5 rings (SSSR count). The average Bonchev–Trinajstić information content (AvgIpc) is 3.26. The van der Waals surface area contributed by atoms with Crippen LogP contribution >= 0.6 is 0 Å². The lowest BCUT2D eigenvalue weighted by Gasteiger charge is -2.30. The smallest absolute Gasteiger partial charge is 0.247 e. The van der Waals surface area contributed by atoms with E-state index in [1.165, 1.54) is 0 Å². The largest absolute Gasteiger partial charge is 0.369 e. The van der Waals surface area contributed by atoms with Crippen molar-refractivity contribution >= 4 is 38.1 Å². The first kappa shape index (κ1) is 25.8. The molecular weight excluding hydrogens is 484 g/mol. The Hall–Kier alpha value is -2.88. The topological polar surface area (TPSA) is 93.5 Å². The van der Waals surface area contributed by atoms with Crippen LogP contribution < -0.4 is 15.5 Å². The Kier molecular flexibility index (Phi) is 7.29. The zero-order valence-electron chi connectivity index (χ0n) is 22.0. The molecular formula is C28H38N6O2S. The van der Waals surface area contributed by atoms with Crippen molar-refractivity contribution in [3.8, 4) is 0 Å². The standard InChI is InChI=1S/C28H38N6O2S/c1-20-7-8-23(32-15-11-30-12-16-32)17-26(20)31-28(35)22(3)34-19-21(2)25-18-24(9-10-27(25)34)37(29,36)33-13-5-4-6-14-33/h7-10,17-19,22,29-30H,4-6,11-16H2,1-3H3,(H,31,35). The Balaban J connectivity index is 1.38. The molecule has 37 heavy (non-hydrogen) atoms. The van der Waals surface area contributed by atoms with Crippen LogP contribution in [0.4, 0.5) is 11.4 Å². The molecule has 2 aliphatic heterocycles. The third-order valence-corrected chi connectivity index (χ3v) is 9.75. The number of piperazine rings is 1. The van der Waals surface area contributed by atoms with Gasteiger partial charge in [-0.1, -0.05) is 12.5 Å². The van der Waals surface area contributed by atoms with Crippen LogP contribution in [0.15, 0.2) is 47.5 Å². The third-order valence-electron chi connectivity index (χ3n) is 7.76. The van der Waals surface area contributed by atoms with Gasteiger partial charge in [-0.2, -0.15) is 0 Å². The summed E-state index contributed by atoms with van der Waals surface area (Å²) in [5, 5.41) is 7.47. The second-order valence-corrected chi connectivity index (χ2v) is 12.4. The average molecular weight is 523 g/mol. The summed E-state index contributed by atoms with van der Waals surface area (Å²) in [5.41, 5.74) is 4.89. The van der Waals surface area contributed by atoms with E-state index in [4.69, 9.17) is 4.78 Å². The Labute approximate surface area is 220 Å². The van der Waals surface area contributed by atoms with E-state index in [0.29, 0.717) is 18.0 Å². The van der Waals surface area contributed by atoms with Crippen molar-refractivity contribution in [2.75, 3.05) is 49.5 Å². The van der Waals surface area contributed by atoms with Crippen LogP contribution in [0.3, 0.4) is 0 Å². The second-order valence-electron chi connectivity index (χ2n) is 10.3. The van der Waals surface area contributed by atoms with Crippen LogP contribution in [0.5, 0.6) is 0 Å². The lowest BCUT2D eigenvalue weighted by molar-refractivity contribution is -0.118. The van der Waals surface area contributed by atoms with Crippen LogP contribution in [0.1, 0.15) is 43.4 Å². The molecule has 0 aliphatic carbocycles. The van der Waals surface area contributed by atoms with Crippen molar-refractivity contribution in [1.29, 1.82) is 4.78 Å². The number of anilines is 2. The summed E-state index contributed by atoms with van der Waals surface area (Å²) in [6, 6.07) is 11.4. The number of nitrogens with one attached hydrogen (secondary N) is 3. The van der Waals surface area contributed by atoms with E-state index in [1.807, 2.05) is 48.0 Å². The van der Waals surface area contributed by atoms with Gasteiger partial charge in [0.15, 0.2) is 0 Å². The maximum atomic E-state index is 13.4. The molecule has 2 aromatic carbocycles. The number of aryl methyl sites for hydroxylation is 2. The molecule has 2 unspecified atom stereocenters. The lowest BCUT2D eigenvalue weighted by Crippen LogP contribution is -2.43. The molecule has 9 heteroatoms. The molecule has 198 valence electrons. The first-order valence-electron chi connectivity index (χ1n) is 13.3. The molecule has 0 saturated carbocycles. The number of rotatable bonds is 6. The number of hydrogen-bond acceptors (Lipinski definition) is 5. The summed E-state index contributed by atoms with van der Waals surface area (Å²) >= 11 is 0. The summed E-state index contributed by atoms with van der Waals surface area (Å²) in [4.78, 5) is 16.3. The van der Waals surface area contributed by atoms with E-state index < -0.39 is 16.0 Å². The number of fused-ring (bicyclic) bond motifs is 1. The quantitative estimate of drug-likeness (QED) is 0.438. The maximum Gasteiger partial charge on any atom is 0.247 e. The molecule has 8 nitrogen and oxygen atoms in total. The van der Waals surface area contributed by atoms with E-state index >= 15 is 0 Å². The van der Waals surface area contributed by atoms with Gasteiger partial charge in [0.25, 0.3) is 0 Å². The monoisotopic (exact) mass is 522 g/mol. The zero-order chi connectivity index (χ0) is 26.2. The second kappa shape index (κ2) is 10.5. The molecule has 3 aromatic rings. The Morgan fingerprint density at radius 2 is 1.73 bits per heavy atom. The van der Waals surface area contributed by atoms with Crippen molar-refractivity contribution < 1.29 is 9.00 Å². The van der Waals surface area contributed by atoms with Gasteiger partial charge in [-0.15, -0.1) is 0 Å². The molecule has 3 N–H and O–H groups in total. The first-order valence-corrected chi connectivity index (χ1v) is 14.8. The van der Waals surface area contributed by atoms with Gasteiger partial charge >= 0.3 is 0 Å². The van der Waals surface area contributed by atoms with Crippen LogP contribution in [0.25, 0.3) is 10.9 Å². The number of aromatic nitrogens is 1. The fraction of sp³-hybridized carbons (Fsp3) is 0.464. The van der Waals surface area contributed by atoms with Gasteiger partial charge in [0, 0.05) is 67.7 Å². The molecule has 2 fully saturated rings. The minimum Gasteiger partial charge on any atom is -0.369 e. The number of piperidine rings is 1. The summed E-state index contributed by atoms with van der Waals surface area (Å²) in [5.74, 6) is -0.0841. The number of carbonyl (C=O) groups is 1. The van der Waals surface area contributed by atoms with Crippen LogP contribution in [-0.4, -0.2) is 58.3 Å². The molecule has 2 atom stereocenters.